The molecule has 1 heterocycles. The molecule has 1 aliphatic rings. The van der Waals surface area contributed by atoms with Crippen LogP contribution in [0.3, 0.4) is 0 Å². The predicted molar refractivity (Wildman–Crippen MR) is 61.7 cm³/mol. The maximum Gasteiger partial charge on any atom is 0.0518 e. The lowest BCUT2D eigenvalue weighted by atomic mass is 9.96. The molecule has 1 aliphatic heterocycles. The van der Waals surface area contributed by atoms with Crippen LogP contribution in [0.1, 0.15) is 24.8 Å². The second kappa shape index (κ2) is 3.91. The summed E-state index contributed by atoms with van der Waals surface area (Å²) < 4.78 is 1.14. The van der Waals surface area contributed by atoms with Gasteiger partial charge in [0.25, 0.3) is 0 Å². The van der Waals surface area contributed by atoms with E-state index in [1.807, 2.05) is 13.0 Å². The largest absolute Gasteiger partial charge is 0.393 e. The second-order valence-corrected chi connectivity index (χ2v) is 4.72. The van der Waals surface area contributed by atoms with Crippen molar-refractivity contribution in [3.8, 4) is 0 Å². The second-order valence-electron chi connectivity index (χ2n) is 3.86. The molecular formula is C11H14BrNO. The minimum atomic E-state index is -0.236. The molecule has 2 atom stereocenters. The van der Waals surface area contributed by atoms with Gasteiger partial charge in [-0.2, -0.15) is 0 Å². The van der Waals surface area contributed by atoms with Crippen LogP contribution in [0.5, 0.6) is 0 Å². The molecule has 2 nitrogen and oxygen atoms in total. The fourth-order valence-electron chi connectivity index (χ4n) is 2.05. The highest BCUT2D eigenvalue weighted by Crippen LogP contribution is 2.39. The van der Waals surface area contributed by atoms with Crippen molar-refractivity contribution >= 4 is 21.6 Å². The number of nitrogens with one attached hydrogen (secondary N) is 1. The van der Waals surface area contributed by atoms with Gasteiger partial charge >= 0.3 is 0 Å². The zero-order valence-electron chi connectivity index (χ0n) is 8.13. The maximum absolute atomic E-state index is 9.39. The van der Waals surface area contributed by atoms with E-state index >= 15 is 0 Å². The molecule has 0 radical (unpaired) electrons. The first-order valence-corrected chi connectivity index (χ1v) is 5.68. The van der Waals surface area contributed by atoms with Crippen LogP contribution in [-0.2, 0) is 0 Å². The minimum Gasteiger partial charge on any atom is -0.393 e. The molecule has 0 amide bonds. The Labute approximate surface area is 92.5 Å². The summed E-state index contributed by atoms with van der Waals surface area (Å²) in [5.41, 5.74) is 2.51. The first-order valence-electron chi connectivity index (χ1n) is 4.89. The van der Waals surface area contributed by atoms with Crippen LogP contribution in [0, 0.1) is 0 Å². The molecule has 2 rings (SSSR count). The summed E-state index contributed by atoms with van der Waals surface area (Å²) in [6.45, 7) is 2.78. The zero-order valence-corrected chi connectivity index (χ0v) is 9.71. The number of halogens is 1. The van der Waals surface area contributed by atoms with Crippen molar-refractivity contribution in [3.63, 3.8) is 0 Å². The summed E-state index contributed by atoms with van der Waals surface area (Å²) in [6.07, 6.45) is 0.586. The number of aliphatic hydroxyl groups excluding tert-OH is 1. The van der Waals surface area contributed by atoms with Gasteiger partial charge in [0, 0.05) is 22.6 Å². The van der Waals surface area contributed by atoms with E-state index < -0.39 is 0 Å². The highest BCUT2D eigenvalue weighted by Gasteiger charge is 2.25. The average Bonchev–Trinajstić information content (AvgIpc) is 2.49. The van der Waals surface area contributed by atoms with Gasteiger partial charge in [-0.05, 0) is 31.0 Å². The minimum absolute atomic E-state index is 0.236. The molecule has 3 heteroatoms. The van der Waals surface area contributed by atoms with E-state index in [-0.39, 0.29) is 6.10 Å². The molecule has 2 unspecified atom stereocenters. The SMILES string of the molecule is CC(O)CC1CNc2cccc(Br)c21. The number of hydrogen-bond donors (Lipinski definition) is 2. The van der Waals surface area contributed by atoms with E-state index in [9.17, 15) is 5.11 Å². The van der Waals surface area contributed by atoms with Crippen LogP contribution >= 0.6 is 15.9 Å². The first-order chi connectivity index (χ1) is 6.68. The molecule has 0 fully saturated rings. The van der Waals surface area contributed by atoms with Gasteiger partial charge in [-0.25, -0.2) is 0 Å². The summed E-state index contributed by atoms with van der Waals surface area (Å²) in [7, 11) is 0. The Bertz CT molecular complexity index is 338. The Morgan fingerprint density at radius 2 is 2.43 bits per heavy atom. The van der Waals surface area contributed by atoms with Crippen LogP contribution in [0.25, 0.3) is 0 Å². The van der Waals surface area contributed by atoms with Crippen molar-refractivity contribution < 1.29 is 5.11 Å². The highest BCUT2D eigenvalue weighted by atomic mass is 79.9. The van der Waals surface area contributed by atoms with E-state index in [1.54, 1.807) is 0 Å². The third-order valence-electron chi connectivity index (χ3n) is 2.63. The van der Waals surface area contributed by atoms with Gasteiger partial charge in [0.15, 0.2) is 0 Å². The van der Waals surface area contributed by atoms with Gasteiger partial charge in [0.2, 0.25) is 0 Å². The number of hydrogen-bond acceptors (Lipinski definition) is 2. The standard InChI is InChI=1S/C11H14BrNO/c1-7(14)5-8-6-13-10-4-2-3-9(12)11(8)10/h2-4,7-8,13-14H,5-6H2,1H3. The lowest BCUT2D eigenvalue weighted by Gasteiger charge is -2.13. The molecule has 0 spiro atoms. The monoisotopic (exact) mass is 255 g/mol. The summed E-state index contributed by atoms with van der Waals surface area (Å²) in [4.78, 5) is 0. The van der Waals surface area contributed by atoms with E-state index in [2.05, 4.69) is 33.4 Å². The van der Waals surface area contributed by atoms with Crippen molar-refractivity contribution in [2.75, 3.05) is 11.9 Å². The summed E-state index contributed by atoms with van der Waals surface area (Å²) >= 11 is 3.56. The van der Waals surface area contributed by atoms with E-state index in [0.717, 1.165) is 17.4 Å². The number of fused-ring (bicyclic) bond motifs is 1. The van der Waals surface area contributed by atoms with Crippen molar-refractivity contribution in [1.29, 1.82) is 0 Å². The normalized spacial score (nSPS) is 21.5. The van der Waals surface area contributed by atoms with Crippen molar-refractivity contribution in [2.24, 2.45) is 0 Å². The van der Waals surface area contributed by atoms with Gasteiger partial charge in [-0.3, -0.25) is 0 Å². The summed E-state index contributed by atoms with van der Waals surface area (Å²) in [5.74, 6) is 0.431. The third kappa shape index (κ3) is 1.79. The predicted octanol–water partition coefficient (Wildman–Crippen LogP) is 2.73. The van der Waals surface area contributed by atoms with Gasteiger partial charge < -0.3 is 10.4 Å². The Morgan fingerprint density at radius 1 is 1.64 bits per heavy atom. The van der Waals surface area contributed by atoms with Crippen molar-refractivity contribution in [2.45, 2.75) is 25.4 Å². The molecule has 0 aromatic heterocycles. The Morgan fingerprint density at radius 3 is 3.14 bits per heavy atom. The molecule has 76 valence electrons. The van der Waals surface area contributed by atoms with Crippen molar-refractivity contribution in [1.82, 2.24) is 0 Å². The molecule has 0 saturated heterocycles. The quantitative estimate of drug-likeness (QED) is 0.852. The molecule has 1 aromatic carbocycles. The molecule has 0 aliphatic carbocycles. The van der Waals surface area contributed by atoms with Crippen LogP contribution < -0.4 is 5.32 Å². The fraction of sp³-hybridized carbons (Fsp3) is 0.455. The van der Waals surface area contributed by atoms with Crippen molar-refractivity contribution in [3.05, 3.63) is 28.2 Å². The van der Waals surface area contributed by atoms with E-state index in [0.29, 0.717) is 5.92 Å². The van der Waals surface area contributed by atoms with Crippen LogP contribution in [0.4, 0.5) is 5.69 Å². The van der Waals surface area contributed by atoms with Gasteiger partial charge in [-0.1, -0.05) is 22.0 Å². The van der Waals surface area contributed by atoms with Crippen LogP contribution in [-0.4, -0.2) is 17.8 Å². The number of benzene rings is 1. The number of rotatable bonds is 2. The highest BCUT2D eigenvalue weighted by molar-refractivity contribution is 9.10. The number of aliphatic hydroxyl groups is 1. The Hall–Kier alpha value is -0.540. The van der Waals surface area contributed by atoms with Gasteiger partial charge in [0.05, 0.1) is 6.10 Å². The van der Waals surface area contributed by atoms with E-state index in [1.165, 1.54) is 11.3 Å². The third-order valence-corrected chi connectivity index (χ3v) is 3.32. The molecular weight excluding hydrogens is 242 g/mol. The zero-order chi connectivity index (χ0) is 10.1. The molecule has 0 bridgehead atoms. The lowest BCUT2D eigenvalue weighted by molar-refractivity contribution is 0.176. The summed E-state index contributed by atoms with van der Waals surface area (Å²) in [5, 5.41) is 12.7. The van der Waals surface area contributed by atoms with Crippen LogP contribution in [0.2, 0.25) is 0 Å². The molecule has 2 N–H and O–H groups in total. The maximum atomic E-state index is 9.39. The first kappa shape index (κ1) is 9.99. The Balaban J connectivity index is 2.29. The smallest absolute Gasteiger partial charge is 0.0518 e. The fourth-order valence-corrected chi connectivity index (χ4v) is 2.74. The molecule has 0 saturated carbocycles. The number of anilines is 1. The molecule has 1 aromatic rings. The Kier molecular flexibility index (Phi) is 2.79. The van der Waals surface area contributed by atoms with E-state index in [4.69, 9.17) is 0 Å². The van der Waals surface area contributed by atoms with Crippen LogP contribution in [0.15, 0.2) is 22.7 Å². The average molecular weight is 256 g/mol. The molecule has 14 heavy (non-hydrogen) atoms. The topological polar surface area (TPSA) is 32.3 Å². The van der Waals surface area contributed by atoms with Gasteiger partial charge in [-0.15, -0.1) is 0 Å². The summed E-state index contributed by atoms with van der Waals surface area (Å²) in [6, 6.07) is 6.17. The van der Waals surface area contributed by atoms with Gasteiger partial charge in [0.1, 0.15) is 0 Å². The lowest BCUT2D eigenvalue weighted by Crippen LogP contribution is -2.10.